The van der Waals surface area contributed by atoms with Gasteiger partial charge in [-0.15, -0.1) is 23.1 Å². The fraction of sp³-hybridized carbons (Fsp3) is 0.316. The lowest BCUT2D eigenvalue weighted by Gasteiger charge is -2.25. The number of carbonyl (C=O) groups excluding carboxylic acids is 2. The van der Waals surface area contributed by atoms with Crippen molar-refractivity contribution in [2.45, 2.75) is 31.7 Å². The predicted molar refractivity (Wildman–Crippen MR) is 105 cm³/mol. The molecule has 0 unspecified atom stereocenters. The number of nitrogens with one attached hydrogen (secondary N) is 1. The molecule has 2 heterocycles. The highest BCUT2D eigenvalue weighted by atomic mass is 32.2. The van der Waals surface area contributed by atoms with E-state index in [-0.39, 0.29) is 11.8 Å². The Morgan fingerprint density at radius 1 is 1.38 bits per heavy atom. The van der Waals surface area contributed by atoms with E-state index in [0.29, 0.717) is 35.6 Å². The fourth-order valence-corrected chi connectivity index (χ4v) is 5.00. The van der Waals surface area contributed by atoms with Gasteiger partial charge < -0.3 is 10.2 Å². The first-order valence-corrected chi connectivity index (χ1v) is 10.2. The maximum Gasteiger partial charge on any atom is 0.257 e. The van der Waals surface area contributed by atoms with Gasteiger partial charge in [0.1, 0.15) is 11.1 Å². The molecule has 1 aromatic heterocycles. The quantitative estimate of drug-likeness (QED) is 0.811. The molecule has 0 atom stereocenters. The Morgan fingerprint density at radius 3 is 2.85 bits per heavy atom. The Labute approximate surface area is 161 Å². The van der Waals surface area contributed by atoms with Crippen molar-refractivity contribution >= 4 is 39.9 Å². The summed E-state index contributed by atoms with van der Waals surface area (Å²) in [6, 6.07) is 9.71. The van der Waals surface area contributed by atoms with Crippen molar-refractivity contribution in [1.29, 1.82) is 5.26 Å². The van der Waals surface area contributed by atoms with Gasteiger partial charge in [0.25, 0.3) is 5.91 Å². The van der Waals surface area contributed by atoms with Crippen LogP contribution in [0, 0.1) is 11.3 Å². The van der Waals surface area contributed by atoms with Gasteiger partial charge in [-0.2, -0.15) is 5.26 Å². The minimum atomic E-state index is -0.208. The highest BCUT2D eigenvalue weighted by molar-refractivity contribution is 7.99. The second-order valence-corrected chi connectivity index (χ2v) is 8.30. The summed E-state index contributed by atoms with van der Waals surface area (Å²) in [6.45, 7) is 4.70. The first-order valence-electron chi connectivity index (χ1n) is 8.38. The van der Waals surface area contributed by atoms with E-state index in [0.717, 1.165) is 21.1 Å². The molecule has 0 bridgehead atoms. The first-order chi connectivity index (χ1) is 12.5. The summed E-state index contributed by atoms with van der Waals surface area (Å²) < 4.78 is 0. The van der Waals surface area contributed by atoms with Crippen LogP contribution in [0.1, 0.15) is 40.2 Å². The third kappa shape index (κ3) is 3.62. The van der Waals surface area contributed by atoms with Crippen LogP contribution in [0.3, 0.4) is 0 Å². The van der Waals surface area contributed by atoms with Gasteiger partial charge in [0.15, 0.2) is 0 Å². The van der Waals surface area contributed by atoms with Gasteiger partial charge in [-0.05, 0) is 29.9 Å². The normalized spacial score (nSPS) is 13.0. The largest absolute Gasteiger partial charge is 0.337 e. The average Bonchev–Trinajstić information content (AvgIpc) is 2.98. The first kappa shape index (κ1) is 18.5. The molecule has 2 aromatic rings. The van der Waals surface area contributed by atoms with Crippen molar-refractivity contribution in [2.75, 3.05) is 17.6 Å². The van der Waals surface area contributed by atoms with E-state index in [1.807, 2.05) is 25.1 Å². The molecule has 26 heavy (non-hydrogen) atoms. The topological polar surface area (TPSA) is 73.2 Å². The zero-order valence-electron chi connectivity index (χ0n) is 14.7. The van der Waals surface area contributed by atoms with E-state index in [1.54, 1.807) is 29.7 Å². The molecule has 5 nitrogen and oxygen atoms in total. The molecule has 3 rings (SSSR count). The number of benzene rings is 1. The van der Waals surface area contributed by atoms with E-state index >= 15 is 0 Å². The second kappa shape index (κ2) is 7.94. The van der Waals surface area contributed by atoms with Crippen LogP contribution in [0.2, 0.25) is 0 Å². The molecule has 0 fully saturated rings. The van der Waals surface area contributed by atoms with Crippen molar-refractivity contribution in [3.05, 3.63) is 45.8 Å². The van der Waals surface area contributed by atoms with Gasteiger partial charge in [0, 0.05) is 23.2 Å². The molecule has 1 aliphatic heterocycles. The smallest absolute Gasteiger partial charge is 0.257 e. The fourth-order valence-electron chi connectivity index (χ4n) is 2.98. The van der Waals surface area contributed by atoms with E-state index in [9.17, 15) is 14.9 Å². The van der Waals surface area contributed by atoms with E-state index in [4.69, 9.17) is 0 Å². The van der Waals surface area contributed by atoms with Crippen molar-refractivity contribution in [2.24, 2.45) is 0 Å². The van der Waals surface area contributed by atoms with Crippen LogP contribution in [0.5, 0.6) is 0 Å². The monoisotopic (exact) mass is 385 g/mol. The summed E-state index contributed by atoms with van der Waals surface area (Å²) >= 11 is 3.01. The number of nitrogens with zero attached hydrogens (tertiary/aromatic N) is 2. The number of hydrogen-bond acceptors (Lipinski definition) is 5. The molecule has 2 amide bonds. The minimum absolute atomic E-state index is 0.0265. The Bertz CT molecular complexity index is 899. The number of anilines is 1. The van der Waals surface area contributed by atoms with Crippen LogP contribution in [0.15, 0.2) is 29.2 Å². The van der Waals surface area contributed by atoms with Crippen molar-refractivity contribution in [1.82, 2.24) is 4.90 Å². The lowest BCUT2D eigenvalue weighted by atomic mass is 10.0. The van der Waals surface area contributed by atoms with Crippen molar-refractivity contribution in [3.8, 4) is 6.07 Å². The van der Waals surface area contributed by atoms with Crippen LogP contribution in [0.4, 0.5) is 5.00 Å². The summed E-state index contributed by atoms with van der Waals surface area (Å²) in [5.74, 6) is 0.695. The summed E-state index contributed by atoms with van der Waals surface area (Å²) in [5, 5.41) is 13.1. The Balaban J connectivity index is 1.88. The Morgan fingerprint density at radius 2 is 2.15 bits per heavy atom. The molecule has 7 heteroatoms. The van der Waals surface area contributed by atoms with Crippen LogP contribution in [0.25, 0.3) is 0 Å². The Hall–Kier alpha value is -2.30. The third-order valence-electron chi connectivity index (χ3n) is 4.27. The summed E-state index contributed by atoms with van der Waals surface area (Å²) in [4.78, 5) is 28.1. The highest BCUT2D eigenvalue weighted by Gasteiger charge is 2.26. The summed E-state index contributed by atoms with van der Waals surface area (Å²) in [5.41, 5.74) is 2.10. The molecule has 134 valence electrons. The number of thiophene rings is 1. The molecular formula is C19H19N3O2S2. The number of nitriles is 1. The molecule has 1 N–H and O–H groups in total. The van der Waals surface area contributed by atoms with Gasteiger partial charge in [0.2, 0.25) is 5.91 Å². The number of hydrogen-bond donors (Lipinski definition) is 1. The van der Waals surface area contributed by atoms with Crippen molar-refractivity contribution in [3.63, 3.8) is 0 Å². The maximum atomic E-state index is 12.8. The molecule has 0 saturated carbocycles. The lowest BCUT2D eigenvalue weighted by Crippen LogP contribution is -2.33. The van der Waals surface area contributed by atoms with Gasteiger partial charge in [-0.1, -0.05) is 19.1 Å². The Kier molecular flexibility index (Phi) is 5.64. The van der Waals surface area contributed by atoms with Crippen LogP contribution >= 0.6 is 23.1 Å². The van der Waals surface area contributed by atoms with Gasteiger partial charge >= 0.3 is 0 Å². The van der Waals surface area contributed by atoms with E-state index in [1.165, 1.54) is 11.3 Å². The van der Waals surface area contributed by atoms with Crippen LogP contribution in [-0.4, -0.2) is 29.0 Å². The standard InChI is InChI=1S/C19H19N3O2S2/c1-3-25-16-7-5-4-6-14(16)18(24)21-19-15(10-20)13-8-9-22(12(2)23)11-17(13)26-19/h4-7H,3,8-9,11H2,1-2H3,(H,21,24). The lowest BCUT2D eigenvalue weighted by molar-refractivity contribution is -0.129. The number of carbonyl (C=O) groups is 2. The SMILES string of the molecule is CCSc1ccccc1C(=O)Nc1sc2c(c1C#N)CCN(C(C)=O)C2. The highest BCUT2D eigenvalue weighted by Crippen LogP contribution is 2.37. The van der Waals surface area contributed by atoms with Crippen LogP contribution in [-0.2, 0) is 17.8 Å². The zero-order chi connectivity index (χ0) is 18.7. The van der Waals surface area contributed by atoms with Gasteiger partial charge in [-0.3, -0.25) is 9.59 Å². The van der Waals surface area contributed by atoms with Crippen molar-refractivity contribution < 1.29 is 9.59 Å². The number of rotatable bonds is 4. The minimum Gasteiger partial charge on any atom is -0.337 e. The summed E-state index contributed by atoms with van der Waals surface area (Å²) in [6.07, 6.45) is 0.645. The average molecular weight is 386 g/mol. The van der Waals surface area contributed by atoms with E-state index in [2.05, 4.69) is 11.4 Å². The zero-order valence-corrected chi connectivity index (χ0v) is 16.3. The molecule has 0 aliphatic carbocycles. The van der Waals surface area contributed by atoms with E-state index < -0.39 is 0 Å². The second-order valence-electron chi connectivity index (χ2n) is 5.89. The number of amides is 2. The molecular weight excluding hydrogens is 366 g/mol. The molecule has 0 saturated heterocycles. The third-order valence-corrected chi connectivity index (χ3v) is 6.36. The molecule has 1 aliphatic rings. The molecule has 0 radical (unpaired) electrons. The van der Waals surface area contributed by atoms with Gasteiger partial charge in [0.05, 0.1) is 17.7 Å². The maximum absolute atomic E-state index is 12.8. The van der Waals surface area contributed by atoms with Gasteiger partial charge in [-0.25, -0.2) is 0 Å². The number of fused-ring (bicyclic) bond motifs is 1. The van der Waals surface area contributed by atoms with Crippen LogP contribution < -0.4 is 5.32 Å². The molecule has 0 spiro atoms. The molecule has 1 aromatic carbocycles. The summed E-state index contributed by atoms with van der Waals surface area (Å²) in [7, 11) is 0. The predicted octanol–water partition coefficient (Wildman–Crippen LogP) is 3.89. The number of thioether (sulfide) groups is 1.